The molecule has 17 heavy (non-hydrogen) atoms. The van der Waals surface area contributed by atoms with Crippen molar-refractivity contribution in [3.63, 3.8) is 0 Å². The average molecular weight is 294 g/mol. The van der Waals surface area contributed by atoms with E-state index in [1.807, 2.05) is 22.8 Å². The van der Waals surface area contributed by atoms with Gasteiger partial charge in [0, 0.05) is 21.9 Å². The first kappa shape index (κ1) is 10.8. The lowest BCUT2D eigenvalue weighted by atomic mass is 10.2. The van der Waals surface area contributed by atoms with E-state index in [1.165, 1.54) is 12.8 Å². The highest BCUT2D eigenvalue weighted by Gasteiger charge is 2.25. The van der Waals surface area contributed by atoms with Gasteiger partial charge in [-0.15, -0.1) is 0 Å². The standard InChI is InChI=1S/C13H12BrNO2/c14-10-2-1-3-11-9(10)6-12(13(16)17)15(11)7-8-4-5-8/h1-3,6,8H,4-5,7H2,(H,16,17). The van der Waals surface area contributed by atoms with Crippen LogP contribution in [0.3, 0.4) is 0 Å². The number of carboxylic acids is 1. The number of fused-ring (bicyclic) bond motifs is 1. The quantitative estimate of drug-likeness (QED) is 0.941. The highest BCUT2D eigenvalue weighted by molar-refractivity contribution is 9.10. The molecule has 1 heterocycles. The molecule has 0 radical (unpaired) electrons. The summed E-state index contributed by atoms with van der Waals surface area (Å²) in [7, 11) is 0. The lowest BCUT2D eigenvalue weighted by Gasteiger charge is -2.07. The molecule has 2 aromatic rings. The molecule has 0 atom stereocenters. The molecule has 1 N–H and O–H groups in total. The Hall–Kier alpha value is -1.29. The van der Waals surface area contributed by atoms with Gasteiger partial charge in [0.1, 0.15) is 5.69 Å². The van der Waals surface area contributed by atoms with Crippen LogP contribution in [0.15, 0.2) is 28.7 Å². The van der Waals surface area contributed by atoms with Crippen molar-refractivity contribution in [1.82, 2.24) is 4.57 Å². The number of halogens is 1. The van der Waals surface area contributed by atoms with E-state index in [-0.39, 0.29) is 0 Å². The normalized spacial score (nSPS) is 15.4. The second kappa shape index (κ2) is 3.88. The maximum absolute atomic E-state index is 11.3. The van der Waals surface area contributed by atoms with E-state index >= 15 is 0 Å². The van der Waals surface area contributed by atoms with Crippen molar-refractivity contribution in [2.24, 2.45) is 5.92 Å². The molecule has 0 unspecified atom stereocenters. The maximum atomic E-state index is 11.3. The monoisotopic (exact) mass is 293 g/mol. The zero-order valence-corrected chi connectivity index (χ0v) is 10.8. The molecule has 88 valence electrons. The van der Waals surface area contributed by atoms with E-state index in [0.29, 0.717) is 11.6 Å². The zero-order valence-electron chi connectivity index (χ0n) is 9.19. The Labute approximate surface area is 107 Å². The first-order valence-electron chi connectivity index (χ1n) is 5.68. The van der Waals surface area contributed by atoms with Crippen LogP contribution in [0, 0.1) is 5.92 Å². The summed E-state index contributed by atoms with van der Waals surface area (Å²) in [4.78, 5) is 11.3. The molecular formula is C13H12BrNO2. The second-order valence-electron chi connectivity index (χ2n) is 4.56. The van der Waals surface area contributed by atoms with Crippen LogP contribution >= 0.6 is 15.9 Å². The molecule has 1 aromatic carbocycles. The number of carbonyl (C=O) groups is 1. The summed E-state index contributed by atoms with van der Waals surface area (Å²) >= 11 is 3.47. The lowest BCUT2D eigenvalue weighted by molar-refractivity contribution is 0.0685. The first-order chi connectivity index (χ1) is 8.16. The van der Waals surface area contributed by atoms with E-state index < -0.39 is 5.97 Å². The molecule has 0 amide bonds. The van der Waals surface area contributed by atoms with Gasteiger partial charge in [-0.3, -0.25) is 0 Å². The van der Waals surface area contributed by atoms with Gasteiger partial charge in [-0.2, -0.15) is 0 Å². The number of aromatic nitrogens is 1. The Balaban J connectivity index is 2.22. The van der Waals surface area contributed by atoms with Crippen LogP contribution in [0.2, 0.25) is 0 Å². The van der Waals surface area contributed by atoms with E-state index in [0.717, 1.165) is 21.9 Å². The molecular weight excluding hydrogens is 282 g/mol. The van der Waals surface area contributed by atoms with Gasteiger partial charge >= 0.3 is 5.97 Å². The molecule has 4 heteroatoms. The van der Waals surface area contributed by atoms with Crippen LogP contribution in [0.5, 0.6) is 0 Å². The summed E-state index contributed by atoms with van der Waals surface area (Å²) in [6, 6.07) is 7.62. The maximum Gasteiger partial charge on any atom is 0.352 e. The van der Waals surface area contributed by atoms with Crippen LogP contribution in [0.25, 0.3) is 10.9 Å². The summed E-state index contributed by atoms with van der Waals surface area (Å²) in [6.07, 6.45) is 2.43. The molecule has 3 rings (SSSR count). The highest BCUT2D eigenvalue weighted by atomic mass is 79.9. The van der Waals surface area contributed by atoms with E-state index in [2.05, 4.69) is 15.9 Å². The number of hydrogen-bond donors (Lipinski definition) is 1. The minimum atomic E-state index is -0.853. The van der Waals surface area contributed by atoms with Gasteiger partial charge in [0.05, 0.1) is 0 Å². The largest absolute Gasteiger partial charge is 0.477 e. The molecule has 0 bridgehead atoms. The molecule has 1 fully saturated rings. The summed E-state index contributed by atoms with van der Waals surface area (Å²) in [5.41, 5.74) is 1.39. The smallest absolute Gasteiger partial charge is 0.352 e. The van der Waals surface area contributed by atoms with Crippen LogP contribution < -0.4 is 0 Å². The first-order valence-corrected chi connectivity index (χ1v) is 6.47. The zero-order chi connectivity index (χ0) is 12.0. The van der Waals surface area contributed by atoms with Gasteiger partial charge in [-0.1, -0.05) is 22.0 Å². The third kappa shape index (κ3) is 1.86. The van der Waals surface area contributed by atoms with Crippen molar-refractivity contribution in [2.45, 2.75) is 19.4 Å². The van der Waals surface area contributed by atoms with Crippen molar-refractivity contribution >= 4 is 32.8 Å². The Morgan fingerprint density at radius 1 is 1.47 bits per heavy atom. The van der Waals surface area contributed by atoms with Gasteiger partial charge in [0.2, 0.25) is 0 Å². The van der Waals surface area contributed by atoms with Crippen molar-refractivity contribution in [2.75, 3.05) is 0 Å². The van der Waals surface area contributed by atoms with Crippen LogP contribution in [0.1, 0.15) is 23.3 Å². The van der Waals surface area contributed by atoms with E-state index in [4.69, 9.17) is 0 Å². The summed E-state index contributed by atoms with van der Waals surface area (Å²) in [6.45, 7) is 0.821. The SMILES string of the molecule is O=C(O)c1cc2c(Br)cccc2n1CC1CC1. The second-order valence-corrected chi connectivity index (χ2v) is 5.42. The highest BCUT2D eigenvalue weighted by Crippen LogP contribution is 2.34. The van der Waals surface area contributed by atoms with Crippen LogP contribution in [0.4, 0.5) is 0 Å². The Kier molecular flexibility index (Phi) is 2.47. The van der Waals surface area contributed by atoms with Crippen LogP contribution in [-0.4, -0.2) is 15.6 Å². The molecule has 0 spiro atoms. The van der Waals surface area contributed by atoms with Crippen molar-refractivity contribution in [3.05, 3.63) is 34.4 Å². The van der Waals surface area contributed by atoms with Gasteiger partial charge < -0.3 is 9.67 Å². The third-order valence-electron chi connectivity index (χ3n) is 3.25. The number of rotatable bonds is 3. The number of carboxylic acid groups (broad SMARTS) is 1. The molecule has 1 aromatic heterocycles. The molecule has 1 aliphatic rings. The fourth-order valence-electron chi connectivity index (χ4n) is 2.18. The van der Waals surface area contributed by atoms with Gasteiger partial charge in [-0.05, 0) is 37.0 Å². The molecule has 0 saturated heterocycles. The van der Waals surface area contributed by atoms with Crippen LogP contribution in [-0.2, 0) is 6.54 Å². The van der Waals surface area contributed by atoms with Gasteiger partial charge in [0.25, 0.3) is 0 Å². The van der Waals surface area contributed by atoms with Crippen molar-refractivity contribution < 1.29 is 9.90 Å². The summed E-state index contributed by atoms with van der Waals surface area (Å²) in [5.74, 6) is -0.198. The molecule has 1 aliphatic carbocycles. The average Bonchev–Trinajstić information content (AvgIpc) is 3.01. The Morgan fingerprint density at radius 3 is 2.88 bits per heavy atom. The van der Waals surface area contributed by atoms with E-state index in [9.17, 15) is 9.90 Å². The number of benzene rings is 1. The van der Waals surface area contributed by atoms with E-state index in [1.54, 1.807) is 6.07 Å². The fraction of sp³-hybridized carbons (Fsp3) is 0.308. The predicted octanol–water partition coefficient (Wildman–Crippen LogP) is 3.51. The number of aromatic carboxylic acids is 1. The molecule has 3 nitrogen and oxygen atoms in total. The fourth-order valence-corrected chi connectivity index (χ4v) is 2.65. The van der Waals surface area contributed by atoms with Crippen molar-refractivity contribution in [1.29, 1.82) is 0 Å². The Bertz CT molecular complexity index is 599. The minimum Gasteiger partial charge on any atom is -0.477 e. The lowest BCUT2D eigenvalue weighted by Crippen LogP contribution is -2.09. The third-order valence-corrected chi connectivity index (χ3v) is 3.94. The van der Waals surface area contributed by atoms with Gasteiger partial charge in [0.15, 0.2) is 0 Å². The summed E-state index contributed by atoms with van der Waals surface area (Å²) in [5, 5.41) is 10.2. The summed E-state index contributed by atoms with van der Waals surface area (Å²) < 4.78 is 2.88. The topological polar surface area (TPSA) is 42.2 Å². The van der Waals surface area contributed by atoms with Gasteiger partial charge in [-0.25, -0.2) is 4.79 Å². The minimum absolute atomic E-state index is 0.388. The number of nitrogens with zero attached hydrogens (tertiary/aromatic N) is 1. The van der Waals surface area contributed by atoms with Crippen molar-refractivity contribution in [3.8, 4) is 0 Å². The Morgan fingerprint density at radius 2 is 2.24 bits per heavy atom. The molecule has 1 saturated carbocycles. The molecule has 0 aliphatic heterocycles. The number of hydrogen-bond acceptors (Lipinski definition) is 1. The predicted molar refractivity (Wildman–Crippen MR) is 69.3 cm³/mol.